The predicted molar refractivity (Wildman–Crippen MR) is 120 cm³/mol. The first kappa shape index (κ1) is 25.5. The molecule has 0 saturated heterocycles. The molecular formula is C21H30N6O4. The molecule has 0 unspecified atom stereocenters. The molecule has 168 valence electrons. The van der Waals surface area contributed by atoms with Crippen LogP contribution in [0.5, 0.6) is 0 Å². The highest BCUT2D eigenvalue weighted by Crippen LogP contribution is 2.33. The second-order valence-corrected chi connectivity index (χ2v) is 6.84. The van der Waals surface area contributed by atoms with Crippen molar-refractivity contribution in [2.75, 3.05) is 25.2 Å². The fourth-order valence-corrected chi connectivity index (χ4v) is 3.08. The molecule has 1 aromatic heterocycles. The van der Waals surface area contributed by atoms with Gasteiger partial charge in [-0.2, -0.15) is 5.10 Å². The number of aliphatic carboxylic acids is 1. The minimum atomic E-state index is -1.01. The van der Waals surface area contributed by atoms with Gasteiger partial charge in [-0.15, -0.1) is 0 Å². The van der Waals surface area contributed by atoms with Gasteiger partial charge < -0.3 is 21.1 Å². The molecule has 0 aliphatic heterocycles. The summed E-state index contributed by atoms with van der Waals surface area (Å²) in [6.45, 7) is 10.7. The molecule has 2 rings (SSSR count). The van der Waals surface area contributed by atoms with Gasteiger partial charge in [0.2, 0.25) is 5.91 Å². The van der Waals surface area contributed by atoms with E-state index >= 15 is 0 Å². The van der Waals surface area contributed by atoms with Crippen LogP contribution in [-0.4, -0.2) is 60.0 Å². The number of carboxylic acid groups (broad SMARTS) is 1. The average Bonchev–Trinajstić information content (AvgIpc) is 3.06. The molecule has 1 heterocycles. The van der Waals surface area contributed by atoms with Gasteiger partial charge in [-0.3, -0.25) is 24.1 Å². The number of hydrogen-bond donors (Lipinski definition) is 3. The lowest BCUT2D eigenvalue weighted by atomic mass is 10.1. The molecule has 4 N–H and O–H groups in total. The van der Waals surface area contributed by atoms with Crippen molar-refractivity contribution in [1.82, 2.24) is 15.1 Å². The number of carbonyl (C=O) groups excluding carboxylic acids is 2. The van der Waals surface area contributed by atoms with Crippen molar-refractivity contribution in [3.05, 3.63) is 40.7 Å². The number of nitrogens with zero attached hydrogens (tertiary/aromatic N) is 4. The molecular weight excluding hydrogens is 400 g/mol. The topological polar surface area (TPSA) is 143 Å². The van der Waals surface area contributed by atoms with Crippen LogP contribution in [0.3, 0.4) is 0 Å². The van der Waals surface area contributed by atoms with Gasteiger partial charge in [0.05, 0.1) is 23.7 Å². The molecule has 0 fully saturated rings. The zero-order valence-electron chi connectivity index (χ0n) is 18.4. The van der Waals surface area contributed by atoms with E-state index in [1.165, 1.54) is 6.07 Å². The number of carboxylic acids is 1. The number of nitrogens with one attached hydrogen (secondary N) is 1. The lowest BCUT2D eigenvalue weighted by Crippen LogP contribution is -2.33. The minimum absolute atomic E-state index is 0.276. The lowest BCUT2D eigenvalue weighted by Gasteiger charge is -2.27. The summed E-state index contributed by atoms with van der Waals surface area (Å²) in [5, 5.41) is 15.4. The summed E-state index contributed by atoms with van der Waals surface area (Å²) in [5.74, 6) is -1.46. The highest BCUT2D eigenvalue weighted by molar-refractivity contribution is 5.95. The zero-order valence-corrected chi connectivity index (χ0v) is 18.4. The molecule has 0 bridgehead atoms. The first-order valence-corrected chi connectivity index (χ1v) is 9.70. The molecule has 2 aromatic rings. The van der Waals surface area contributed by atoms with Crippen LogP contribution in [-0.2, 0) is 11.3 Å². The number of aryl methyl sites for hydroxylation is 2. The summed E-state index contributed by atoms with van der Waals surface area (Å²) in [4.78, 5) is 38.1. The zero-order chi connectivity index (χ0) is 23.6. The van der Waals surface area contributed by atoms with Crippen LogP contribution in [0.4, 0.5) is 11.4 Å². The van der Waals surface area contributed by atoms with Crippen molar-refractivity contribution >= 4 is 36.3 Å². The number of carbonyl (C=O) groups is 3. The summed E-state index contributed by atoms with van der Waals surface area (Å²) >= 11 is 0. The van der Waals surface area contributed by atoms with Crippen molar-refractivity contribution in [2.45, 2.75) is 33.7 Å². The number of hydrogen-bond acceptors (Lipinski definition) is 7. The second-order valence-electron chi connectivity index (χ2n) is 6.84. The van der Waals surface area contributed by atoms with E-state index < -0.39 is 11.9 Å². The van der Waals surface area contributed by atoms with E-state index in [0.717, 1.165) is 28.9 Å². The highest BCUT2D eigenvalue weighted by Gasteiger charge is 2.15. The Morgan fingerprint density at radius 1 is 1.35 bits per heavy atom. The van der Waals surface area contributed by atoms with Crippen molar-refractivity contribution in [3.63, 3.8) is 0 Å². The number of anilines is 1. The number of rotatable bonds is 10. The Kier molecular flexibility index (Phi) is 10.1. The maximum Gasteiger partial charge on any atom is 0.325 e. The molecule has 10 nitrogen and oxygen atoms in total. The van der Waals surface area contributed by atoms with E-state index in [2.05, 4.69) is 33.9 Å². The first-order valence-electron chi connectivity index (χ1n) is 9.70. The first-order chi connectivity index (χ1) is 14.7. The van der Waals surface area contributed by atoms with Crippen LogP contribution in [0.15, 0.2) is 23.2 Å². The van der Waals surface area contributed by atoms with Gasteiger partial charge in [0.15, 0.2) is 6.29 Å². The maximum absolute atomic E-state index is 11.3. The van der Waals surface area contributed by atoms with Crippen LogP contribution in [0.25, 0.3) is 0 Å². The number of aliphatic imine (C=N–C) groups is 1. The Morgan fingerprint density at radius 3 is 2.52 bits per heavy atom. The third kappa shape index (κ3) is 7.34. The van der Waals surface area contributed by atoms with Crippen molar-refractivity contribution in [1.29, 1.82) is 0 Å². The van der Waals surface area contributed by atoms with Crippen LogP contribution in [0.1, 0.15) is 45.4 Å². The highest BCUT2D eigenvalue weighted by atomic mass is 16.4. The molecule has 1 amide bonds. The van der Waals surface area contributed by atoms with E-state index in [1.54, 1.807) is 19.1 Å². The van der Waals surface area contributed by atoms with E-state index in [0.29, 0.717) is 29.9 Å². The number of aldehydes is 1. The van der Waals surface area contributed by atoms with Crippen LogP contribution >= 0.6 is 0 Å². The van der Waals surface area contributed by atoms with E-state index in [4.69, 9.17) is 10.8 Å². The van der Waals surface area contributed by atoms with Gasteiger partial charge in [-0.25, -0.2) is 0 Å². The summed E-state index contributed by atoms with van der Waals surface area (Å²) in [5.41, 5.74) is 9.37. The fraction of sp³-hybridized carbons (Fsp3) is 0.381. The SMILES string of the molecule is C=Nc1cc(C(N)=O)cc(C)c1N(CCC)CNC.Cc1cc(C=O)n(CC(=O)O)n1. The number of primary amides is 1. The Bertz CT molecular complexity index is 932. The molecule has 0 radical (unpaired) electrons. The normalized spacial score (nSPS) is 10.1. The monoisotopic (exact) mass is 430 g/mol. The molecule has 0 aliphatic rings. The lowest BCUT2D eigenvalue weighted by molar-refractivity contribution is -0.137. The van der Waals surface area contributed by atoms with E-state index in [-0.39, 0.29) is 12.2 Å². The molecule has 0 aliphatic carbocycles. The molecule has 31 heavy (non-hydrogen) atoms. The number of benzene rings is 1. The molecule has 10 heteroatoms. The van der Waals surface area contributed by atoms with Gasteiger partial charge >= 0.3 is 5.97 Å². The van der Waals surface area contributed by atoms with Crippen LogP contribution < -0.4 is 16.0 Å². The second kappa shape index (κ2) is 12.2. The molecule has 1 aromatic carbocycles. The summed E-state index contributed by atoms with van der Waals surface area (Å²) in [6.07, 6.45) is 1.61. The Labute approximate surface area is 181 Å². The molecule has 0 atom stereocenters. The van der Waals surface area contributed by atoms with Gasteiger partial charge in [0.25, 0.3) is 0 Å². The van der Waals surface area contributed by atoms with Crippen molar-refractivity contribution < 1.29 is 19.5 Å². The molecule has 0 saturated carbocycles. The van der Waals surface area contributed by atoms with Crippen LogP contribution in [0.2, 0.25) is 0 Å². The minimum Gasteiger partial charge on any atom is -0.480 e. The van der Waals surface area contributed by atoms with E-state index in [9.17, 15) is 14.4 Å². The summed E-state index contributed by atoms with van der Waals surface area (Å²) in [7, 11) is 1.90. The van der Waals surface area contributed by atoms with Crippen molar-refractivity contribution in [3.8, 4) is 0 Å². The van der Waals surface area contributed by atoms with E-state index in [1.807, 2.05) is 14.0 Å². The third-order valence-electron chi connectivity index (χ3n) is 4.23. The van der Waals surface area contributed by atoms with Crippen LogP contribution in [0, 0.1) is 13.8 Å². The Morgan fingerprint density at radius 2 is 2.03 bits per heavy atom. The van der Waals surface area contributed by atoms with Gasteiger partial charge in [-0.1, -0.05) is 6.92 Å². The van der Waals surface area contributed by atoms with Gasteiger partial charge in [0.1, 0.15) is 12.2 Å². The largest absolute Gasteiger partial charge is 0.480 e. The Balaban J connectivity index is 0.000000343. The van der Waals surface area contributed by atoms with Crippen molar-refractivity contribution in [2.24, 2.45) is 10.7 Å². The Hall–Kier alpha value is -3.53. The number of nitrogens with two attached hydrogens (primary N) is 1. The smallest absolute Gasteiger partial charge is 0.325 e. The van der Waals surface area contributed by atoms with Gasteiger partial charge in [-0.05, 0) is 57.8 Å². The third-order valence-corrected chi connectivity index (χ3v) is 4.23. The van der Waals surface area contributed by atoms with Gasteiger partial charge in [0, 0.05) is 12.1 Å². The molecule has 0 spiro atoms. The number of aromatic nitrogens is 2. The predicted octanol–water partition coefficient (Wildman–Crippen LogP) is 1.91. The summed E-state index contributed by atoms with van der Waals surface area (Å²) < 4.78 is 1.16. The number of amides is 1. The maximum atomic E-state index is 11.3. The average molecular weight is 431 g/mol. The summed E-state index contributed by atoms with van der Waals surface area (Å²) in [6, 6.07) is 5.02. The fourth-order valence-electron chi connectivity index (χ4n) is 3.08. The standard InChI is InChI=1S/C14H22N4O.C7H8N2O3/c1-5-6-18(9-16-3)13-10(2)7-11(14(15)19)8-12(13)17-4;1-5-2-6(4-10)9(8-5)3-7(11)12/h7-8,16H,4-6,9H2,1-3H3,(H2,15,19);2,4H,3H2,1H3,(H,11,12). The quantitative estimate of drug-likeness (QED) is 0.297.